The zero-order valence-corrected chi connectivity index (χ0v) is 25.6. The van der Waals surface area contributed by atoms with Crippen molar-refractivity contribution in [3.05, 3.63) is 66.2 Å². The lowest BCUT2D eigenvalue weighted by atomic mass is 9.83. The Balaban J connectivity index is 1.12. The van der Waals surface area contributed by atoms with E-state index in [4.69, 9.17) is 9.51 Å². The van der Waals surface area contributed by atoms with Crippen molar-refractivity contribution in [2.75, 3.05) is 44.2 Å². The number of benzene rings is 2. The van der Waals surface area contributed by atoms with Crippen LogP contribution in [0.25, 0.3) is 11.5 Å². The number of anilines is 1. The van der Waals surface area contributed by atoms with Gasteiger partial charge in [0.15, 0.2) is 0 Å². The Kier molecular flexibility index (Phi) is 9.74. The molecule has 0 unspecified atom stereocenters. The molecule has 8 heteroatoms. The van der Waals surface area contributed by atoms with Gasteiger partial charge in [0.2, 0.25) is 0 Å². The van der Waals surface area contributed by atoms with Crippen LogP contribution >= 0.6 is 0 Å². The highest BCUT2D eigenvalue weighted by Crippen LogP contribution is 2.39. The molecule has 8 nitrogen and oxygen atoms in total. The van der Waals surface area contributed by atoms with E-state index in [1.165, 1.54) is 12.0 Å². The van der Waals surface area contributed by atoms with Crippen LogP contribution in [-0.2, 0) is 4.79 Å². The Bertz CT molecular complexity index is 1290. The van der Waals surface area contributed by atoms with Crippen molar-refractivity contribution < 1.29 is 14.4 Å². The second kappa shape index (κ2) is 14.0. The van der Waals surface area contributed by atoms with Crippen molar-refractivity contribution in [2.45, 2.75) is 76.3 Å². The van der Waals surface area contributed by atoms with E-state index in [0.29, 0.717) is 29.7 Å². The minimum absolute atomic E-state index is 0.272. The molecule has 6 rings (SSSR count). The lowest BCUT2D eigenvalue weighted by Gasteiger charge is -2.39. The van der Waals surface area contributed by atoms with Gasteiger partial charge in [-0.15, -0.1) is 0 Å². The van der Waals surface area contributed by atoms with Gasteiger partial charge in [0.1, 0.15) is 6.04 Å². The number of carboxylic acids is 1. The Morgan fingerprint density at radius 3 is 2.35 bits per heavy atom. The van der Waals surface area contributed by atoms with Gasteiger partial charge in [-0.25, -0.2) is 0 Å². The van der Waals surface area contributed by atoms with E-state index in [9.17, 15) is 9.90 Å². The summed E-state index contributed by atoms with van der Waals surface area (Å²) in [6, 6.07) is 20.8. The average molecular weight is 586 g/mol. The minimum Gasteiger partial charge on any atom is -0.480 e. The molecule has 3 aliphatic rings. The first kappa shape index (κ1) is 29.8. The molecule has 3 heterocycles. The molecule has 0 spiro atoms. The predicted molar refractivity (Wildman–Crippen MR) is 169 cm³/mol. The molecular formula is C35H47N5O3. The van der Waals surface area contributed by atoms with Crippen molar-refractivity contribution in [1.82, 2.24) is 19.9 Å². The van der Waals surface area contributed by atoms with Crippen molar-refractivity contribution in [1.29, 1.82) is 0 Å². The van der Waals surface area contributed by atoms with Crippen LogP contribution < -0.4 is 4.90 Å². The fourth-order valence-electron chi connectivity index (χ4n) is 7.96. The molecule has 0 amide bonds. The molecule has 2 aliphatic heterocycles. The summed E-state index contributed by atoms with van der Waals surface area (Å²) in [5, 5.41) is 14.7. The van der Waals surface area contributed by atoms with Crippen molar-refractivity contribution in [2.24, 2.45) is 11.8 Å². The molecule has 2 aromatic carbocycles. The predicted octanol–water partition coefficient (Wildman–Crippen LogP) is 6.17. The van der Waals surface area contributed by atoms with Gasteiger partial charge >= 0.3 is 5.97 Å². The number of hydrogen-bond acceptors (Lipinski definition) is 7. The van der Waals surface area contributed by atoms with E-state index in [-0.39, 0.29) is 12.0 Å². The van der Waals surface area contributed by atoms with Gasteiger partial charge in [0, 0.05) is 56.8 Å². The Hall–Kier alpha value is -3.23. The minimum atomic E-state index is -0.631. The number of aromatic nitrogens is 2. The smallest absolute Gasteiger partial charge is 0.321 e. The number of rotatable bonds is 11. The highest BCUT2D eigenvalue weighted by Gasteiger charge is 2.43. The number of piperidine rings is 1. The molecule has 3 fully saturated rings. The SMILES string of the molecule is CCCN(c1noc(-c2ccccc2)n1)C1CCN(C[C@H]2CN([C@@H](C(=O)O)C3CCCCC3)C[C@@H]2c2ccccc2)CC1. The summed E-state index contributed by atoms with van der Waals surface area (Å²) in [5.41, 5.74) is 2.29. The molecule has 2 saturated heterocycles. The first-order chi connectivity index (χ1) is 21.1. The largest absolute Gasteiger partial charge is 0.480 e. The van der Waals surface area contributed by atoms with E-state index >= 15 is 0 Å². The van der Waals surface area contributed by atoms with Gasteiger partial charge in [-0.2, -0.15) is 4.98 Å². The first-order valence-corrected chi connectivity index (χ1v) is 16.5. The monoisotopic (exact) mass is 585 g/mol. The van der Waals surface area contributed by atoms with Gasteiger partial charge in [0.05, 0.1) is 0 Å². The van der Waals surface area contributed by atoms with Gasteiger partial charge in [-0.05, 0) is 66.8 Å². The Labute approximate surface area is 256 Å². The summed E-state index contributed by atoms with van der Waals surface area (Å²) < 4.78 is 5.66. The molecule has 1 saturated carbocycles. The second-order valence-corrected chi connectivity index (χ2v) is 12.9. The second-order valence-electron chi connectivity index (χ2n) is 12.9. The van der Waals surface area contributed by atoms with Crippen LogP contribution in [0.15, 0.2) is 65.2 Å². The van der Waals surface area contributed by atoms with Crippen molar-refractivity contribution in [3.8, 4) is 11.5 Å². The van der Waals surface area contributed by atoms with Crippen LogP contribution in [-0.4, -0.2) is 82.4 Å². The maximum atomic E-state index is 12.6. The van der Waals surface area contributed by atoms with Gasteiger partial charge in [-0.3, -0.25) is 9.69 Å². The highest BCUT2D eigenvalue weighted by atomic mass is 16.5. The third-order valence-electron chi connectivity index (χ3n) is 10.1. The van der Waals surface area contributed by atoms with Crippen LogP contribution in [0.3, 0.4) is 0 Å². The third kappa shape index (κ3) is 6.96. The molecule has 230 valence electrons. The summed E-state index contributed by atoms with van der Waals surface area (Å²) in [7, 11) is 0. The lowest BCUT2D eigenvalue weighted by molar-refractivity contribution is -0.145. The average Bonchev–Trinajstić information content (AvgIpc) is 3.70. The third-order valence-corrected chi connectivity index (χ3v) is 10.1. The van der Waals surface area contributed by atoms with Gasteiger partial charge < -0.3 is 19.4 Å². The lowest BCUT2D eigenvalue weighted by Crippen LogP contribution is -2.48. The zero-order valence-electron chi connectivity index (χ0n) is 25.6. The molecule has 3 atom stereocenters. The number of nitrogens with zero attached hydrogens (tertiary/aromatic N) is 5. The standard InChI is InChI=1S/C35H47N5O3/c1-2-20-40(35-36-33(43-37-35)28-16-10-5-11-17-28)30-18-21-38(22-19-30)23-29-24-39(25-31(29)26-12-6-3-7-13-26)32(34(41)42)27-14-8-4-9-15-27/h3,5-7,10-13,16-17,27,29-32H,2,4,8-9,14-15,18-25H2,1H3,(H,41,42)/t29-,31+,32+/m0/s1. The van der Waals surface area contributed by atoms with E-state index in [2.05, 4.69) is 57.1 Å². The molecule has 1 N–H and O–H groups in total. The Morgan fingerprint density at radius 1 is 0.977 bits per heavy atom. The number of carbonyl (C=O) groups is 1. The van der Waals surface area contributed by atoms with E-state index in [1.54, 1.807) is 0 Å². The van der Waals surface area contributed by atoms with Crippen molar-refractivity contribution in [3.63, 3.8) is 0 Å². The number of carboxylic acid groups (broad SMARTS) is 1. The molecular weight excluding hydrogens is 538 g/mol. The zero-order chi connectivity index (χ0) is 29.6. The van der Waals surface area contributed by atoms with Gasteiger partial charge in [0.25, 0.3) is 11.8 Å². The molecule has 3 aromatic rings. The van der Waals surface area contributed by atoms with Gasteiger partial charge in [-0.1, -0.05) is 74.7 Å². The quantitative estimate of drug-likeness (QED) is 0.286. The van der Waals surface area contributed by atoms with E-state index < -0.39 is 5.97 Å². The van der Waals surface area contributed by atoms with E-state index in [1.807, 2.05) is 30.3 Å². The molecule has 1 aliphatic carbocycles. The van der Waals surface area contributed by atoms with Crippen LogP contribution in [0.4, 0.5) is 5.95 Å². The number of hydrogen-bond donors (Lipinski definition) is 1. The maximum absolute atomic E-state index is 12.6. The molecule has 0 radical (unpaired) electrons. The van der Waals surface area contributed by atoms with Crippen LogP contribution in [0.1, 0.15) is 69.8 Å². The molecule has 1 aromatic heterocycles. The summed E-state index contributed by atoms with van der Waals surface area (Å²) in [4.78, 5) is 24.7. The van der Waals surface area contributed by atoms with E-state index in [0.717, 1.165) is 89.8 Å². The van der Waals surface area contributed by atoms with Crippen molar-refractivity contribution >= 4 is 11.9 Å². The fourth-order valence-corrected chi connectivity index (χ4v) is 7.96. The topological polar surface area (TPSA) is 85.9 Å². The number of likely N-dealkylation sites (tertiary alicyclic amines) is 2. The molecule has 43 heavy (non-hydrogen) atoms. The summed E-state index contributed by atoms with van der Waals surface area (Å²) >= 11 is 0. The summed E-state index contributed by atoms with van der Waals surface area (Å²) in [5.74, 6) is 1.68. The fraction of sp³-hybridized carbons (Fsp3) is 0.571. The van der Waals surface area contributed by atoms with Crippen LogP contribution in [0.5, 0.6) is 0 Å². The highest BCUT2D eigenvalue weighted by molar-refractivity contribution is 5.74. The number of aliphatic carboxylic acids is 1. The van der Waals surface area contributed by atoms with Crippen LogP contribution in [0, 0.1) is 11.8 Å². The normalized spacial score (nSPS) is 23.4. The molecule has 0 bridgehead atoms. The first-order valence-electron chi connectivity index (χ1n) is 16.5. The van der Waals surface area contributed by atoms with Crippen LogP contribution in [0.2, 0.25) is 0 Å². The summed E-state index contributed by atoms with van der Waals surface area (Å²) in [6.45, 7) is 7.87. The summed E-state index contributed by atoms with van der Waals surface area (Å²) in [6.07, 6.45) is 8.79. The Morgan fingerprint density at radius 2 is 1.67 bits per heavy atom. The maximum Gasteiger partial charge on any atom is 0.321 e.